The van der Waals surface area contributed by atoms with Crippen molar-refractivity contribution >= 4 is 5.91 Å². The molecule has 0 spiro atoms. The van der Waals surface area contributed by atoms with Crippen molar-refractivity contribution in [1.82, 2.24) is 14.5 Å². The zero-order valence-corrected chi connectivity index (χ0v) is 11.3. The van der Waals surface area contributed by atoms with E-state index in [0.29, 0.717) is 0 Å². The lowest BCUT2D eigenvalue weighted by molar-refractivity contribution is 0.0651. The molecule has 3 rings (SSSR count). The minimum atomic E-state index is 0.148. The lowest BCUT2D eigenvalue weighted by Crippen LogP contribution is -2.42. The summed E-state index contributed by atoms with van der Waals surface area (Å²) in [6.45, 7) is 5.78. The van der Waals surface area contributed by atoms with E-state index in [0.717, 1.165) is 42.1 Å². The van der Waals surface area contributed by atoms with Gasteiger partial charge in [-0.3, -0.25) is 9.78 Å². The number of pyridine rings is 1. The Hall–Kier alpha value is -2.10. The summed E-state index contributed by atoms with van der Waals surface area (Å²) in [5.41, 5.74) is 3.86. The number of rotatable bonds is 2. The molecule has 98 valence electrons. The normalized spacial score (nSPS) is 14.3. The van der Waals surface area contributed by atoms with E-state index in [-0.39, 0.29) is 5.91 Å². The number of hydrogen-bond acceptors (Lipinski definition) is 2. The summed E-state index contributed by atoms with van der Waals surface area (Å²) in [6, 6.07) is 5.89. The van der Waals surface area contributed by atoms with Crippen LogP contribution in [-0.2, 0) is 0 Å². The molecule has 0 radical (unpaired) electrons. The first-order chi connectivity index (χ1) is 9.18. The second-order valence-corrected chi connectivity index (χ2v) is 4.98. The van der Waals surface area contributed by atoms with E-state index in [1.54, 1.807) is 6.20 Å². The van der Waals surface area contributed by atoms with Gasteiger partial charge in [0.2, 0.25) is 0 Å². The SMILES string of the molecule is Cc1cc(C(=O)N2CCC2)c(C)n1-c1cccnc1. The van der Waals surface area contributed by atoms with Gasteiger partial charge in [-0.2, -0.15) is 0 Å². The number of nitrogens with zero attached hydrogens (tertiary/aromatic N) is 3. The summed E-state index contributed by atoms with van der Waals surface area (Å²) in [6.07, 6.45) is 4.69. The van der Waals surface area contributed by atoms with Gasteiger partial charge in [-0.25, -0.2) is 0 Å². The summed E-state index contributed by atoms with van der Waals surface area (Å²) in [5, 5.41) is 0. The number of aryl methyl sites for hydroxylation is 1. The third-order valence-electron chi connectivity index (χ3n) is 3.71. The largest absolute Gasteiger partial charge is 0.338 e. The third kappa shape index (κ3) is 1.93. The van der Waals surface area contributed by atoms with E-state index < -0.39 is 0 Å². The monoisotopic (exact) mass is 255 g/mol. The molecule has 0 atom stereocenters. The lowest BCUT2D eigenvalue weighted by Gasteiger charge is -2.30. The van der Waals surface area contributed by atoms with Gasteiger partial charge in [-0.05, 0) is 38.5 Å². The molecule has 0 aromatic carbocycles. The average molecular weight is 255 g/mol. The fourth-order valence-corrected chi connectivity index (χ4v) is 2.55. The molecule has 4 heteroatoms. The van der Waals surface area contributed by atoms with Gasteiger partial charge in [-0.15, -0.1) is 0 Å². The van der Waals surface area contributed by atoms with Crippen molar-refractivity contribution in [1.29, 1.82) is 0 Å². The van der Waals surface area contributed by atoms with Gasteiger partial charge in [-0.1, -0.05) is 0 Å². The number of amides is 1. The second-order valence-electron chi connectivity index (χ2n) is 4.98. The van der Waals surface area contributed by atoms with Crippen molar-refractivity contribution in [2.24, 2.45) is 0 Å². The molecule has 2 aromatic rings. The fourth-order valence-electron chi connectivity index (χ4n) is 2.55. The molecule has 1 amide bonds. The average Bonchev–Trinajstić information content (AvgIpc) is 2.64. The maximum Gasteiger partial charge on any atom is 0.255 e. The van der Waals surface area contributed by atoms with Gasteiger partial charge in [0.25, 0.3) is 5.91 Å². The summed E-state index contributed by atoms with van der Waals surface area (Å²) >= 11 is 0. The number of carbonyl (C=O) groups excluding carboxylic acids is 1. The van der Waals surface area contributed by atoms with Crippen molar-refractivity contribution in [2.45, 2.75) is 20.3 Å². The molecular formula is C15H17N3O. The number of hydrogen-bond donors (Lipinski definition) is 0. The van der Waals surface area contributed by atoms with E-state index in [2.05, 4.69) is 9.55 Å². The fraction of sp³-hybridized carbons (Fsp3) is 0.333. The molecule has 1 saturated heterocycles. The van der Waals surface area contributed by atoms with Crippen LogP contribution in [0.3, 0.4) is 0 Å². The maximum absolute atomic E-state index is 12.3. The van der Waals surface area contributed by atoms with Gasteiger partial charge >= 0.3 is 0 Å². The van der Waals surface area contributed by atoms with Crippen LogP contribution in [-0.4, -0.2) is 33.4 Å². The number of likely N-dealkylation sites (tertiary alicyclic amines) is 1. The topological polar surface area (TPSA) is 38.1 Å². The molecule has 3 heterocycles. The van der Waals surface area contributed by atoms with Crippen LogP contribution in [0, 0.1) is 13.8 Å². The first-order valence-corrected chi connectivity index (χ1v) is 6.57. The molecule has 0 unspecified atom stereocenters. The first kappa shape index (κ1) is 12.0. The Bertz CT molecular complexity index is 612. The van der Waals surface area contributed by atoms with Crippen LogP contribution >= 0.6 is 0 Å². The Balaban J connectivity index is 2.03. The first-order valence-electron chi connectivity index (χ1n) is 6.57. The van der Waals surface area contributed by atoms with Crippen LogP contribution in [0.1, 0.15) is 28.2 Å². The zero-order valence-electron chi connectivity index (χ0n) is 11.3. The van der Waals surface area contributed by atoms with E-state index >= 15 is 0 Å². The molecule has 1 aliphatic heterocycles. The van der Waals surface area contributed by atoms with Crippen molar-refractivity contribution in [3.63, 3.8) is 0 Å². The number of aromatic nitrogens is 2. The van der Waals surface area contributed by atoms with Crippen molar-refractivity contribution in [3.05, 3.63) is 47.5 Å². The molecule has 0 aliphatic carbocycles. The molecule has 0 N–H and O–H groups in total. The summed E-state index contributed by atoms with van der Waals surface area (Å²) in [7, 11) is 0. The summed E-state index contributed by atoms with van der Waals surface area (Å²) < 4.78 is 2.08. The van der Waals surface area contributed by atoms with E-state index in [1.165, 1.54) is 0 Å². The Morgan fingerprint density at radius 1 is 1.32 bits per heavy atom. The van der Waals surface area contributed by atoms with Crippen molar-refractivity contribution in [3.8, 4) is 5.69 Å². The van der Waals surface area contributed by atoms with Crippen LogP contribution < -0.4 is 0 Å². The molecule has 4 nitrogen and oxygen atoms in total. The zero-order chi connectivity index (χ0) is 13.4. The van der Waals surface area contributed by atoms with E-state index in [9.17, 15) is 4.79 Å². The lowest BCUT2D eigenvalue weighted by atomic mass is 10.1. The maximum atomic E-state index is 12.3. The van der Waals surface area contributed by atoms with Gasteiger partial charge in [0.15, 0.2) is 0 Å². The predicted octanol–water partition coefficient (Wildman–Crippen LogP) is 2.34. The standard InChI is InChI=1S/C15H17N3O/c1-11-9-14(15(19)17-7-4-8-17)12(2)18(11)13-5-3-6-16-10-13/h3,5-6,9-10H,4,7-8H2,1-2H3. The highest BCUT2D eigenvalue weighted by molar-refractivity contribution is 5.96. The minimum Gasteiger partial charge on any atom is -0.338 e. The molecule has 1 aliphatic rings. The molecule has 0 saturated carbocycles. The molecular weight excluding hydrogens is 238 g/mol. The van der Waals surface area contributed by atoms with Crippen LogP contribution in [0.4, 0.5) is 0 Å². The Kier molecular flexibility index (Phi) is 2.85. The van der Waals surface area contributed by atoms with E-state index in [4.69, 9.17) is 0 Å². The Morgan fingerprint density at radius 3 is 2.68 bits per heavy atom. The third-order valence-corrected chi connectivity index (χ3v) is 3.71. The highest BCUT2D eigenvalue weighted by atomic mass is 16.2. The van der Waals surface area contributed by atoms with Crippen LogP contribution in [0.25, 0.3) is 5.69 Å². The minimum absolute atomic E-state index is 0.148. The van der Waals surface area contributed by atoms with Crippen LogP contribution in [0.2, 0.25) is 0 Å². The van der Waals surface area contributed by atoms with Crippen molar-refractivity contribution in [2.75, 3.05) is 13.1 Å². The summed E-state index contributed by atoms with van der Waals surface area (Å²) in [5.74, 6) is 0.148. The van der Waals surface area contributed by atoms with Gasteiger partial charge in [0.1, 0.15) is 0 Å². The number of carbonyl (C=O) groups is 1. The quantitative estimate of drug-likeness (QED) is 0.826. The van der Waals surface area contributed by atoms with E-state index in [1.807, 2.05) is 43.1 Å². The summed E-state index contributed by atoms with van der Waals surface area (Å²) in [4.78, 5) is 18.4. The smallest absolute Gasteiger partial charge is 0.255 e. The molecule has 0 bridgehead atoms. The van der Waals surface area contributed by atoms with Gasteiger partial charge in [0.05, 0.1) is 17.4 Å². The Morgan fingerprint density at radius 2 is 2.11 bits per heavy atom. The highest BCUT2D eigenvalue weighted by Gasteiger charge is 2.25. The molecule has 19 heavy (non-hydrogen) atoms. The Labute approximate surface area is 112 Å². The second kappa shape index (κ2) is 4.53. The van der Waals surface area contributed by atoms with Crippen LogP contribution in [0.15, 0.2) is 30.6 Å². The van der Waals surface area contributed by atoms with Gasteiger partial charge < -0.3 is 9.47 Å². The molecule has 2 aromatic heterocycles. The van der Waals surface area contributed by atoms with Crippen molar-refractivity contribution < 1.29 is 4.79 Å². The predicted molar refractivity (Wildman–Crippen MR) is 73.6 cm³/mol. The molecule has 1 fully saturated rings. The van der Waals surface area contributed by atoms with Crippen LogP contribution in [0.5, 0.6) is 0 Å². The highest BCUT2D eigenvalue weighted by Crippen LogP contribution is 2.23. The van der Waals surface area contributed by atoms with Gasteiger partial charge in [0, 0.05) is 30.7 Å².